The van der Waals surface area contributed by atoms with Crippen molar-refractivity contribution >= 4 is 37.5 Å². The minimum Gasteiger partial charge on any atom is -0.495 e. The summed E-state index contributed by atoms with van der Waals surface area (Å²) in [6.07, 6.45) is 2.42. The second kappa shape index (κ2) is 5.70. The summed E-state index contributed by atoms with van der Waals surface area (Å²) in [6, 6.07) is 2.02. The van der Waals surface area contributed by atoms with E-state index >= 15 is 0 Å². The number of halogens is 2. The molecule has 1 aromatic heterocycles. The average molecular weight is 443 g/mol. The number of hydrogen-bond donors (Lipinski definition) is 1. The van der Waals surface area contributed by atoms with Crippen LogP contribution in [0.2, 0.25) is 0 Å². The molecule has 5 rings (SSSR count). The van der Waals surface area contributed by atoms with Crippen molar-refractivity contribution in [1.82, 2.24) is 10.2 Å². The SMILES string of the molecule is COc1c(Br)cc(-c2n[nH]c3c2N2CCC3CC2)c(OC)c1Br. The fourth-order valence-electron chi connectivity index (χ4n) is 3.68. The average Bonchev–Trinajstić information content (AvgIpc) is 3.03. The fraction of sp³-hybridized carbons (Fsp3) is 0.438. The number of aromatic amines is 1. The van der Waals surface area contributed by atoms with Crippen LogP contribution < -0.4 is 14.4 Å². The predicted molar refractivity (Wildman–Crippen MR) is 96.7 cm³/mol. The minimum atomic E-state index is 0.604. The van der Waals surface area contributed by atoms with Crippen LogP contribution in [0.4, 0.5) is 5.69 Å². The van der Waals surface area contributed by atoms with E-state index in [9.17, 15) is 0 Å². The molecule has 122 valence electrons. The molecule has 3 aliphatic heterocycles. The van der Waals surface area contributed by atoms with Gasteiger partial charge in [-0.1, -0.05) is 0 Å². The van der Waals surface area contributed by atoms with Crippen molar-refractivity contribution in [3.63, 3.8) is 0 Å². The third kappa shape index (κ3) is 2.20. The van der Waals surface area contributed by atoms with Gasteiger partial charge in [-0.3, -0.25) is 5.10 Å². The van der Waals surface area contributed by atoms with Crippen molar-refractivity contribution in [3.05, 3.63) is 20.7 Å². The topological polar surface area (TPSA) is 50.4 Å². The molecule has 2 bridgehead atoms. The first-order valence-corrected chi connectivity index (χ1v) is 9.17. The molecule has 0 radical (unpaired) electrons. The fourth-order valence-corrected chi connectivity index (χ4v) is 5.29. The molecule has 0 spiro atoms. The van der Waals surface area contributed by atoms with Gasteiger partial charge in [0.1, 0.15) is 15.9 Å². The Kier molecular flexibility index (Phi) is 3.80. The molecule has 3 aliphatic rings. The Morgan fingerprint density at radius 2 is 1.87 bits per heavy atom. The lowest BCUT2D eigenvalue weighted by atomic mass is 9.86. The number of fused-ring (bicyclic) bond motifs is 2. The minimum absolute atomic E-state index is 0.604. The molecule has 0 saturated carbocycles. The molecule has 0 amide bonds. The van der Waals surface area contributed by atoms with Crippen LogP contribution in [0.3, 0.4) is 0 Å². The molecule has 0 atom stereocenters. The molecule has 1 saturated heterocycles. The van der Waals surface area contributed by atoms with Crippen molar-refractivity contribution < 1.29 is 9.47 Å². The number of benzene rings is 1. The number of H-pyrrole nitrogens is 1. The molecule has 4 heterocycles. The molecule has 2 aromatic rings. The summed E-state index contributed by atoms with van der Waals surface area (Å²) < 4.78 is 12.8. The van der Waals surface area contributed by atoms with Crippen molar-refractivity contribution in [2.75, 3.05) is 32.2 Å². The van der Waals surface area contributed by atoms with Crippen LogP contribution in [0.1, 0.15) is 24.5 Å². The lowest BCUT2D eigenvalue weighted by Gasteiger charge is -2.40. The number of nitrogens with zero attached hydrogens (tertiary/aromatic N) is 2. The second-order valence-electron chi connectivity index (χ2n) is 5.88. The summed E-state index contributed by atoms with van der Waals surface area (Å²) >= 11 is 7.18. The van der Waals surface area contributed by atoms with Crippen LogP contribution in [-0.4, -0.2) is 37.5 Å². The molecule has 5 nitrogen and oxygen atoms in total. The quantitative estimate of drug-likeness (QED) is 0.769. The summed E-state index contributed by atoms with van der Waals surface area (Å²) in [6.45, 7) is 2.20. The maximum absolute atomic E-state index is 5.65. The highest BCUT2D eigenvalue weighted by atomic mass is 79.9. The molecular weight excluding hydrogens is 426 g/mol. The molecule has 0 aliphatic carbocycles. The maximum Gasteiger partial charge on any atom is 0.151 e. The number of nitrogens with one attached hydrogen (secondary N) is 1. The first-order valence-electron chi connectivity index (χ1n) is 7.59. The lowest BCUT2D eigenvalue weighted by molar-refractivity contribution is 0.388. The summed E-state index contributed by atoms with van der Waals surface area (Å²) in [5, 5.41) is 7.89. The van der Waals surface area contributed by atoms with Gasteiger partial charge in [0.25, 0.3) is 0 Å². The standard InChI is InChI=1S/C16H17Br2N3O2/c1-22-15-9(7-10(17)16(23-2)11(15)18)13-14-12(19-20-13)8-3-5-21(14)6-4-8/h7-8H,3-6H2,1-2H3,(H,19,20). The van der Waals surface area contributed by atoms with Gasteiger partial charge in [0.15, 0.2) is 5.75 Å². The van der Waals surface area contributed by atoms with Gasteiger partial charge >= 0.3 is 0 Å². The first kappa shape index (κ1) is 15.3. The van der Waals surface area contributed by atoms with Crippen LogP contribution >= 0.6 is 31.9 Å². The molecule has 1 N–H and O–H groups in total. The number of ether oxygens (including phenoxy) is 2. The Morgan fingerprint density at radius 3 is 2.52 bits per heavy atom. The largest absolute Gasteiger partial charge is 0.495 e. The van der Waals surface area contributed by atoms with Crippen molar-refractivity contribution in [3.8, 4) is 22.8 Å². The van der Waals surface area contributed by atoms with Gasteiger partial charge in [-0.15, -0.1) is 0 Å². The van der Waals surface area contributed by atoms with E-state index in [1.54, 1.807) is 14.2 Å². The second-order valence-corrected chi connectivity index (χ2v) is 7.53. The van der Waals surface area contributed by atoms with Crippen molar-refractivity contribution in [2.24, 2.45) is 0 Å². The van der Waals surface area contributed by atoms with E-state index in [2.05, 4.69) is 47.0 Å². The highest BCUT2D eigenvalue weighted by Crippen LogP contribution is 2.51. The van der Waals surface area contributed by atoms with Gasteiger partial charge in [0.2, 0.25) is 0 Å². The number of anilines is 1. The molecule has 1 aromatic carbocycles. The molecule has 23 heavy (non-hydrogen) atoms. The predicted octanol–water partition coefficient (Wildman–Crippen LogP) is 4.32. The van der Waals surface area contributed by atoms with E-state index in [-0.39, 0.29) is 0 Å². The van der Waals surface area contributed by atoms with Gasteiger partial charge in [0, 0.05) is 24.6 Å². The van der Waals surface area contributed by atoms with Crippen LogP contribution in [0.15, 0.2) is 15.0 Å². The van der Waals surface area contributed by atoms with Gasteiger partial charge in [0.05, 0.1) is 30.1 Å². The summed E-state index contributed by atoms with van der Waals surface area (Å²) in [7, 11) is 3.31. The normalized spacial score (nSPS) is 16.6. The van der Waals surface area contributed by atoms with Crippen molar-refractivity contribution in [1.29, 1.82) is 0 Å². The number of piperidine rings is 1. The van der Waals surface area contributed by atoms with Crippen molar-refractivity contribution in [2.45, 2.75) is 18.8 Å². The third-order valence-electron chi connectivity index (χ3n) is 4.78. The zero-order chi connectivity index (χ0) is 16.1. The monoisotopic (exact) mass is 441 g/mol. The Labute approximate surface area is 151 Å². The van der Waals surface area contributed by atoms with Gasteiger partial charge < -0.3 is 14.4 Å². The zero-order valence-electron chi connectivity index (χ0n) is 12.9. The zero-order valence-corrected chi connectivity index (χ0v) is 16.1. The van der Waals surface area contributed by atoms with E-state index in [4.69, 9.17) is 9.47 Å². The Hall–Kier alpha value is -1.21. The summed E-state index contributed by atoms with van der Waals surface area (Å²) in [4.78, 5) is 2.43. The van der Waals surface area contributed by atoms with E-state index in [0.29, 0.717) is 5.92 Å². The van der Waals surface area contributed by atoms with E-state index in [1.165, 1.54) is 24.2 Å². The Bertz CT molecular complexity index is 767. The Morgan fingerprint density at radius 1 is 1.17 bits per heavy atom. The highest BCUT2D eigenvalue weighted by molar-refractivity contribution is 9.11. The van der Waals surface area contributed by atoms with Gasteiger partial charge in [-0.2, -0.15) is 5.10 Å². The Balaban J connectivity index is 1.93. The number of rotatable bonds is 3. The maximum atomic E-state index is 5.65. The summed E-state index contributed by atoms with van der Waals surface area (Å²) in [5.41, 5.74) is 4.40. The van der Waals surface area contributed by atoms with E-state index < -0.39 is 0 Å². The van der Waals surface area contributed by atoms with Crippen LogP contribution in [0.5, 0.6) is 11.5 Å². The molecule has 1 fully saturated rings. The van der Waals surface area contributed by atoms with E-state index in [0.717, 1.165) is 44.8 Å². The number of methoxy groups -OCH3 is 2. The van der Waals surface area contributed by atoms with Crippen LogP contribution in [0.25, 0.3) is 11.3 Å². The highest BCUT2D eigenvalue weighted by Gasteiger charge is 2.36. The smallest absolute Gasteiger partial charge is 0.151 e. The first-order chi connectivity index (χ1) is 11.2. The van der Waals surface area contributed by atoms with Crippen LogP contribution in [-0.2, 0) is 0 Å². The van der Waals surface area contributed by atoms with Gasteiger partial charge in [-0.25, -0.2) is 0 Å². The molecule has 7 heteroatoms. The molecular formula is C16H17Br2N3O2. The van der Waals surface area contributed by atoms with E-state index in [1.807, 2.05) is 6.07 Å². The third-order valence-corrected chi connectivity index (χ3v) is 6.09. The number of aromatic nitrogens is 2. The summed E-state index contributed by atoms with van der Waals surface area (Å²) in [5.74, 6) is 2.06. The number of hydrogen-bond acceptors (Lipinski definition) is 4. The lowest BCUT2D eigenvalue weighted by Crippen LogP contribution is -2.38. The van der Waals surface area contributed by atoms with Gasteiger partial charge in [-0.05, 0) is 50.8 Å². The molecule has 0 unspecified atom stereocenters. The van der Waals surface area contributed by atoms with Crippen LogP contribution in [0, 0.1) is 0 Å².